The molecule has 0 aliphatic carbocycles. The third-order valence-corrected chi connectivity index (χ3v) is 4.13. The molecule has 2 atom stereocenters. The molecule has 2 rings (SSSR count). The number of likely N-dealkylation sites (N-methyl/N-ethyl adjacent to an activating group) is 1. The van der Waals surface area contributed by atoms with E-state index in [1.54, 1.807) is 4.90 Å². The summed E-state index contributed by atoms with van der Waals surface area (Å²) in [6.45, 7) is 4.38. The fraction of sp³-hybridized carbons (Fsp3) is 0.857. The van der Waals surface area contributed by atoms with Gasteiger partial charge in [0.2, 0.25) is 0 Å². The Morgan fingerprint density at radius 2 is 2.10 bits per heavy atom. The van der Waals surface area contributed by atoms with E-state index in [-0.39, 0.29) is 12.1 Å². The smallest absolute Gasteiger partial charge is 0.326 e. The minimum atomic E-state index is -0.897. The molecule has 0 saturated carbocycles. The summed E-state index contributed by atoms with van der Waals surface area (Å²) in [5.74, 6) is -0.897. The van der Waals surface area contributed by atoms with Gasteiger partial charge in [-0.25, -0.2) is 9.59 Å². The normalized spacial score (nSPS) is 26.6. The molecule has 2 unspecified atom stereocenters. The van der Waals surface area contributed by atoms with Gasteiger partial charge in [0, 0.05) is 26.2 Å². The summed E-state index contributed by atoms with van der Waals surface area (Å²) in [5.41, 5.74) is 0. The summed E-state index contributed by atoms with van der Waals surface area (Å²) in [4.78, 5) is 27.1. The zero-order valence-corrected chi connectivity index (χ0v) is 12.1. The number of likely N-dealkylation sites (tertiary alicyclic amines) is 1. The van der Waals surface area contributed by atoms with Crippen molar-refractivity contribution in [2.24, 2.45) is 0 Å². The molecule has 0 aromatic rings. The van der Waals surface area contributed by atoms with Crippen LogP contribution < -0.4 is 0 Å². The minimum Gasteiger partial charge on any atom is -0.480 e. The Bertz CT molecular complexity index is 355. The Hall–Kier alpha value is -1.30. The first-order chi connectivity index (χ1) is 9.63. The molecule has 1 N–H and O–H groups in total. The summed E-state index contributed by atoms with van der Waals surface area (Å²) in [6, 6.07) is -0.829. The van der Waals surface area contributed by atoms with Crippen LogP contribution in [0.3, 0.4) is 0 Å². The molecule has 6 nitrogen and oxygen atoms in total. The number of ether oxygens (including phenoxy) is 1. The van der Waals surface area contributed by atoms with E-state index in [1.807, 2.05) is 6.92 Å². The van der Waals surface area contributed by atoms with Gasteiger partial charge in [-0.2, -0.15) is 0 Å². The molecule has 0 aromatic carbocycles. The molecular weight excluding hydrogens is 260 g/mol. The number of carbonyl (C=O) groups excluding carboxylic acids is 1. The first-order valence-electron chi connectivity index (χ1n) is 7.53. The Kier molecular flexibility index (Phi) is 5.23. The minimum absolute atomic E-state index is 0.104. The summed E-state index contributed by atoms with van der Waals surface area (Å²) in [7, 11) is 0. The molecule has 0 aromatic heterocycles. The van der Waals surface area contributed by atoms with Crippen LogP contribution in [0.4, 0.5) is 4.79 Å². The number of carboxylic acid groups (broad SMARTS) is 1. The van der Waals surface area contributed by atoms with Crippen LogP contribution in [0, 0.1) is 0 Å². The average molecular weight is 284 g/mol. The molecular formula is C14H24N2O4. The Balaban J connectivity index is 1.99. The Morgan fingerprint density at radius 3 is 2.70 bits per heavy atom. The van der Waals surface area contributed by atoms with Gasteiger partial charge in [-0.05, 0) is 39.0 Å². The lowest BCUT2D eigenvalue weighted by molar-refractivity contribution is -0.143. The standard InChI is InChI=1S/C14H24N2O4/c1-2-15(10-11-6-5-9-20-11)14(19)16-8-4-3-7-12(16)13(17)18/h11-12H,2-10H2,1H3,(H,17,18). The number of amides is 2. The largest absolute Gasteiger partial charge is 0.480 e. The highest BCUT2D eigenvalue weighted by atomic mass is 16.5. The molecule has 2 saturated heterocycles. The molecule has 0 spiro atoms. The highest BCUT2D eigenvalue weighted by Gasteiger charge is 2.34. The van der Waals surface area contributed by atoms with Crippen LogP contribution in [-0.4, -0.2) is 65.3 Å². The number of hydrogen-bond donors (Lipinski definition) is 1. The fourth-order valence-electron chi connectivity index (χ4n) is 2.98. The molecule has 2 aliphatic rings. The predicted molar refractivity (Wildman–Crippen MR) is 73.6 cm³/mol. The number of aliphatic carboxylic acids is 1. The average Bonchev–Trinajstić information content (AvgIpc) is 2.97. The number of urea groups is 1. The Labute approximate surface area is 119 Å². The third-order valence-electron chi connectivity index (χ3n) is 4.13. The molecule has 2 aliphatic heterocycles. The van der Waals surface area contributed by atoms with Gasteiger partial charge in [0.05, 0.1) is 6.10 Å². The van der Waals surface area contributed by atoms with Crippen molar-refractivity contribution in [2.75, 3.05) is 26.2 Å². The quantitative estimate of drug-likeness (QED) is 0.850. The van der Waals surface area contributed by atoms with E-state index >= 15 is 0 Å². The third kappa shape index (κ3) is 3.42. The van der Waals surface area contributed by atoms with Gasteiger partial charge in [-0.15, -0.1) is 0 Å². The number of carboxylic acids is 1. The lowest BCUT2D eigenvalue weighted by Gasteiger charge is -2.37. The summed E-state index contributed by atoms with van der Waals surface area (Å²) in [5, 5.41) is 9.26. The number of nitrogens with zero attached hydrogens (tertiary/aromatic N) is 2. The maximum Gasteiger partial charge on any atom is 0.326 e. The highest BCUT2D eigenvalue weighted by molar-refractivity contribution is 5.83. The van der Waals surface area contributed by atoms with Crippen LogP contribution in [0.2, 0.25) is 0 Å². The van der Waals surface area contributed by atoms with Crippen molar-refractivity contribution in [3.8, 4) is 0 Å². The molecule has 2 heterocycles. The van der Waals surface area contributed by atoms with Crippen molar-refractivity contribution in [3.05, 3.63) is 0 Å². The number of piperidine rings is 1. The van der Waals surface area contributed by atoms with Gasteiger partial charge in [-0.1, -0.05) is 0 Å². The lowest BCUT2D eigenvalue weighted by Crippen LogP contribution is -2.54. The van der Waals surface area contributed by atoms with E-state index < -0.39 is 12.0 Å². The van der Waals surface area contributed by atoms with Crippen molar-refractivity contribution in [3.63, 3.8) is 0 Å². The van der Waals surface area contributed by atoms with Gasteiger partial charge >= 0.3 is 12.0 Å². The van der Waals surface area contributed by atoms with Crippen LogP contribution in [0.5, 0.6) is 0 Å². The Morgan fingerprint density at radius 1 is 1.30 bits per heavy atom. The zero-order chi connectivity index (χ0) is 14.5. The molecule has 0 radical (unpaired) electrons. The molecule has 2 amide bonds. The number of hydrogen-bond acceptors (Lipinski definition) is 3. The first kappa shape index (κ1) is 15.1. The van der Waals surface area contributed by atoms with Crippen LogP contribution in [0.1, 0.15) is 39.0 Å². The predicted octanol–water partition coefficient (Wildman–Crippen LogP) is 1.55. The van der Waals surface area contributed by atoms with Crippen LogP contribution in [0.25, 0.3) is 0 Å². The SMILES string of the molecule is CCN(CC1CCCO1)C(=O)N1CCCCC1C(=O)O. The molecule has 20 heavy (non-hydrogen) atoms. The van der Waals surface area contributed by atoms with Gasteiger partial charge in [0.25, 0.3) is 0 Å². The topological polar surface area (TPSA) is 70.1 Å². The van der Waals surface area contributed by atoms with Crippen LogP contribution in [-0.2, 0) is 9.53 Å². The first-order valence-corrected chi connectivity index (χ1v) is 7.53. The van der Waals surface area contributed by atoms with Crippen molar-refractivity contribution >= 4 is 12.0 Å². The summed E-state index contributed by atoms with van der Waals surface area (Å²) in [6.07, 6.45) is 4.43. The number of rotatable bonds is 4. The molecule has 2 fully saturated rings. The van der Waals surface area contributed by atoms with Gasteiger partial charge in [0.1, 0.15) is 6.04 Å². The van der Waals surface area contributed by atoms with Gasteiger partial charge in [0.15, 0.2) is 0 Å². The van der Waals surface area contributed by atoms with Gasteiger partial charge in [-0.3, -0.25) is 0 Å². The highest BCUT2D eigenvalue weighted by Crippen LogP contribution is 2.20. The zero-order valence-electron chi connectivity index (χ0n) is 12.1. The summed E-state index contributed by atoms with van der Waals surface area (Å²) < 4.78 is 5.57. The van der Waals surface area contributed by atoms with E-state index in [4.69, 9.17) is 4.74 Å². The second-order valence-electron chi connectivity index (χ2n) is 5.50. The van der Waals surface area contributed by atoms with Crippen molar-refractivity contribution in [1.82, 2.24) is 9.80 Å². The van der Waals surface area contributed by atoms with E-state index in [0.717, 1.165) is 32.3 Å². The van der Waals surface area contributed by atoms with Crippen LogP contribution in [0.15, 0.2) is 0 Å². The second-order valence-corrected chi connectivity index (χ2v) is 5.50. The lowest BCUT2D eigenvalue weighted by atomic mass is 10.0. The second kappa shape index (κ2) is 6.92. The van der Waals surface area contributed by atoms with Crippen molar-refractivity contribution < 1.29 is 19.4 Å². The van der Waals surface area contributed by atoms with E-state index in [1.165, 1.54) is 4.90 Å². The maximum atomic E-state index is 12.6. The maximum absolute atomic E-state index is 12.6. The molecule has 0 bridgehead atoms. The van der Waals surface area contributed by atoms with Gasteiger partial charge < -0.3 is 19.6 Å². The van der Waals surface area contributed by atoms with Crippen molar-refractivity contribution in [1.29, 1.82) is 0 Å². The number of carbonyl (C=O) groups is 2. The van der Waals surface area contributed by atoms with Crippen molar-refractivity contribution in [2.45, 2.75) is 51.2 Å². The van der Waals surface area contributed by atoms with E-state index in [2.05, 4.69) is 0 Å². The molecule has 6 heteroatoms. The monoisotopic (exact) mass is 284 g/mol. The van der Waals surface area contributed by atoms with E-state index in [9.17, 15) is 14.7 Å². The molecule has 114 valence electrons. The van der Waals surface area contributed by atoms with Crippen LogP contribution >= 0.6 is 0 Å². The fourth-order valence-corrected chi connectivity index (χ4v) is 2.98. The van der Waals surface area contributed by atoms with E-state index in [0.29, 0.717) is 26.1 Å². The summed E-state index contributed by atoms with van der Waals surface area (Å²) >= 11 is 0.